The Bertz CT molecular complexity index is 1070. The number of amides is 1. The van der Waals surface area contributed by atoms with Crippen LogP contribution in [0.5, 0.6) is 0 Å². The normalized spacial score (nSPS) is 21.1. The van der Waals surface area contributed by atoms with Gasteiger partial charge in [-0.1, -0.05) is 36.4 Å². The summed E-state index contributed by atoms with van der Waals surface area (Å²) in [5.74, 6) is -1.87. The van der Waals surface area contributed by atoms with Crippen LogP contribution in [-0.2, 0) is 20.5 Å². The van der Waals surface area contributed by atoms with Gasteiger partial charge in [0, 0.05) is 31.9 Å². The van der Waals surface area contributed by atoms with Crippen molar-refractivity contribution >= 4 is 23.5 Å². The quantitative estimate of drug-likeness (QED) is 0.544. The number of ether oxygens (including phenoxy) is 1. The first-order chi connectivity index (χ1) is 16.3. The Labute approximate surface area is 195 Å². The van der Waals surface area contributed by atoms with E-state index in [4.69, 9.17) is 9.73 Å². The number of carbonyl (C=O) groups excluding carboxylic acids is 2. The fourth-order valence-electron chi connectivity index (χ4n) is 4.17. The Morgan fingerprint density at radius 2 is 1.74 bits per heavy atom. The predicted octanol–water partition coefficient (Wildman–Crippen LogP) is 3.23. The lowest BCUT2D eigenvalue weighted by molar-refractivity contribution is -0.153. The molecule has 4 rings (SSSR count). The zero-order chi connectivity index (χ0) is 24.3. The average molecular weight is 474 g/mol. The minimum atomic E-state index is -4.40. The van der Waals surface area contributed by atoms with E-state index < -0.39 is 35.6 Å². The summed E-state index contributed by atoms with van der Waals surface area (Å²) < 4.78 is 44.3. The van der Waals surface area contributed by atoms with Crippen LogP contribution in [0, 0.1) is 5.92 Å². The molecule has 0 aromatic heterocycles. The maximum Gasteiger partial charge on any atom is 0.416 e. The second-order valence-electron chi connectivity index (χ2n) is 8.05. The monoisotopic (exact) mass is 474 g/mol. The van der Waals surface area contributed by atoms with Crippen LogP contribution < -0.4 is 10.2 Å². The summed E-state index contributed by atoms with van der Waals surface area (Å²) in [6.07, 6.45) is -4.40. The fraction of sp³-hybridized carbons (Fsp3) is 0.375. The minimum Gasteiger partial charge on any atom is -0.465 e. The van der Waals surface area contributed by atoms with Crippen molar-refractivity contribution in [2.75, 3.05) is 37.7 Å². The Morgan fingerprint density at radius 1 is 1.06 bits per heavy atom. The molecule has 0 aliphatic carbocycles. The summed E-state index contributed by atoms with van der Waals surface area (Å²) >= 11 is 0. The molecule has 180 valence electrons. The number of benzene rings is 2. The summed E-state index contributed by atoms with van der Waals surface area (Å²) in [5.41, 5.74) is 0.524. The van der Waals surface area contributed by atoms with Gasteiger partial charge in [0.2, 0.25) is 11.9 Å². The van der Waals surface area contributed by atoms with Crippen LogP contribution in [0.25, 0.3) is 0 Å². The molecule has 1 amide bonds. The highest BCUT2D eigenvalue weighted by molar-refractivity contribution is 6.08. The molecule has 34 heavy (non-hydrogen) atoms. The summed E-state index contributed by atoms with van der Waals surface area (Å²) in [6, 6.07) is 13.6. The zero-order valence-corrected chi connectivity index (χ0v) is 18.6. The lowest BCUT2D eigenvalue weighted by atomic mass is 9.91. The Kier molecular flexibility index (Phi) is 6.76. The van der Waals surface area contributed by atoms with Gasteiger partial charge >= 0.3 is 12.1 Å². The second kappa shape index (κ2) is 9.74. The fourth-order valence-corrected chi connectivity index (χ4v) is 4.17. The molecule has 2 aromatic rings. The molecule has 2 heterocycles. The van der Waals surface area contributed by atoms with Crippen molar-refractivity contribution in [3.63, 3.8) is 0 Å². The third-order valence-corrected chi connectivity index (χ3v) is 5.89. The number of alkyl halides is 3. The summed E-state index contributed by atoms with van der Waals surface area (Å²) in [6.45, 7) is 3.62. The van der Waals surface area contributed by atoms with E-state index in [9.17, 15) is 22.8 Å². The Hall–Kier alpha value is -3.56. The van der Waals surface area contributed by atoms with E-state index in [1.165, 1.54) is 6.07 Å². The number of rotatable bonds is 4. The maximum atomic E-state index is 13.1. The molecule has 2 aromatic carbocycles. The maximum absolute atomic E-state index is 13.1. The Balaban J connectivity index is 1.52. The van der Waals surface area contributed by atoms with Crippen molar-refractivity contribution in [1.82, 2.24) is 10.2 Å². The number of halogens is 3. The van der Waals surface area contributed by atoms with Crippen LogP contribution in [0.2, 0.25) is 0 Å². The van der Waals surface area contributed by atoms with Gasteiger partial charge in [-0.3, -0.25) is 14.9 Å². The van der Waals surface area contributed by atoms with Gasteiger partial charge < -0.3 is 14.5 Å². The highest BCUT2D eigenvalue weighted by Gasteiger charge is 2.42. The van der Waals surface area contributed by atoms with Gasteiger partial charge in [0.05, 0.1) is 12.2 Å². The first-order valence-electron chi connectivity index (χ1n) is 11.1. The van der Waals surface area contributed by atoms with E-state index in [0.717, 1.165) is 17.7 Å². The third kappa shape index (κ3) is 5.00. The van der Waals surface area contributed by atoms with Gasteiger partial charge in [-0.25, -0.2) is 4.99 Å². The molecule has 7 nitrogen and oxygen atoms in total. The van der Waals surface area contributed by atoms with Gasteiger partial charge in [0.25, 0.3) is 0 Å². The lowest BCUT2D eigenvalue weighted by Gasteiger charge is -2.39. The van der Waals surface area contributed by atoms with Crippen molar-refractivity contribution in [1.29, 1.82) is 0 Å². The highest BCUT2D eigenvalue weighted by Crippen LogP contribution is 2.33. The van der Waals surface area contributed by atoms with Crippen molar-refractivity contribution in [3.05, 3.63) is 65.7 Å². The number of esters is 1. The van der Waals surface area contributed by atoms with Gasteiger partial charge in [-0.2, -0.15) is 13.2 Å². The van der Waals surface area contributed by atoms with Crippen LogP contribution in [-0.4, -0.2) is 55.5 Å². The molecule has 2 aliphatic heterocycles. The van der Waals surface area contributed by atoms with E-state index in [-0.39, 0.29) is 6.61 Å². The number of nitrogens with one attached hydrogen (secondary N) is 1. The summed E-state index contributed by atoms with van der Waals surface area (Å²) in [4.78, 5) is 33.9. The number of anilines is 1. The first-order valence-corrected chi connectivity index (χ1v) is 11.1. The van der Waals surface area contributed by atoms with Gasteiger partial charge in [-0.15, -0.1) is 0 Å². The number of guanidine groups is 1. The van der Waals surface area contributed by atoms with Gasteiger partial charge in [0.1, 0.15) is 6.04 Å². The molecule has 0 bridgehead atoms. The molecule has 0 saturated carbocycles. The minimum absolute atomic E-state index is 0.151. The van der Waals surface area contributed by atoms with Crippen molar-refractivity contribution < 1.29 is 27.5 Å². The van der Waals surface area contributed by atoms with Crippen LogP contribution in [0.3, 0.4) is 0 Å². The summed E-state index contributed by atoms with van der Waals surface area (Å²) in [7, 11) is 0. The standard InChI is InChI=1S/C24H25F3N4O3/c1-2-34-22(33)19-20(16-7-4-3-5-8-16)28-23(29-21(19)32)31-13-11-30(12-14-31)18-10-6-9-17(15-18)24(25,26)27/h3-10,15,19-20H,2,11-14H2,1H3,(H,28,29,32)/t19-,20+/m1/s1. The van der Waals surface area contributed by atoms with Crippen LogP contribution in [0.4, 0.5) is 18.9 Å². The SMILES string of the molecule is CCOC(=O)[C@H]1C(=O)NC(N2CCN(c3cccc(C(F)(F)F)c3)CC2)=N[C@H]1c1ccccc1. The molecule has 2 aliphatic rings. The smallest absolute Gasteiger partial charge is 0.416 e. The van der Waals surface area contributed by atoms with E-state index >= 15 is 0 Å². The molecule has 2 atom stereocenters. The second-order valence-corrected chi connectivity index (χ2v) is 8.05. The van der Waals surface area contributed by atoms with Gasteiger partial charge in [-0.05, 0) is 30.7 Å². The average Bonchev–Trinajstić information content (AvgIpc) is 2.84. The number of nitrogens with zero attached hydrogens (tertiary/aromatic N) is 3. The molecule has 1 fully saturated rings. The molecule has 10 heteroatoms. The third-order valence-electron chi connectivity index (χ3n) is 5.89. The molecule has 0 spiro atoms. The topological polar surface area (TPSA) is 74.2 Å². The van der Waals surface area contributed by atoms with Crippen LogP contribution in [0.15, 0.2) is 59.6 Å². The molecular formula is C24H25F3N4O3. The van der Waals surface area contributed by atoms with Crippen molar-refractivity contribution in [3.8, 4) is 0 Å². The zero-order valence-electron chi connectivity index (χ0n) is 18.6. The highest BCUT2D eigenvalue weighted by atomic mass is 19.4. The van der Waals surface area contributed by atoms with E-state index in [1.807, 2.05) is 40.1 Å². The largest absolute Gasteiger partial charge is 0.465 e. The van der Waals surface area contributed by atoms with E-state index in [2.05, 4.69) is 5.32 Å². The number of aliphatic imine (C=N–C) groups is 1. The van der Waals surface area contributed by atoms with Gasteiger partial charge in [0.15, 0.2) is 5.92 Å². The molecule has 0 unspecified atom stereocenters. The van der Waals surface area contributed by atoms with E-state index in [1.54, 1.807) is 13.0 Å². The number of piperazine rings is 1. The van der Waals surface area contributed by atoms with E-state index in [0.29, 0.717) is 37.8 Å². The number of carbonyl (C=O) groups is 2. The molecular weight excluding hydrogens is 449 g/mol. The van der Waals surface area contributed by atoms with Crippen LogP contribution in [0.1, 0.15) is 24.1 Å². The molecule has 1 N–H and O–H groups in total. The molecule has 0 radical (unpaired) electrons. The Morgan fingerprint density at radius 3 is 2.38 bits per heavy atom. The number of hydrogen-bond acceptors (Lipinski definition) is 6. The first kappa shape index (κ1) is 23.6. The van der Waals surface area contributed by atoms with Crippen molar-refractivity contribution in [2.24, 2.45) is 10.9 Å². The predicted molar refractivity (Wildman–Crippen MR) is 120 cm³/mol. The summed E-state index contributed by atoms with van der Waals surface area (Å²) in [5, 5.41) is 2.73. The molecule has 1 saturated heterocycles. The lowest BCUT2D eigenvalue weighted by Crippen LogP contribution is -2.57. The van der Waals surface area contributed by atoms with Crippen LogP contribution >= 0.6 is 0 Å². The van der Waals surface area contributed by atoms with Crippen molar-refractivity contribution in [2.45, 2.75) is 19.1 Å². The number of hydrogen-bond donors (Lipinski definition) is 1.